The summed E-state index contributed by atoms with van der Waals surface area (Å²) in [7, 11) is 0. The normalized spacial score (nSPS) is 31.8. The number of rotatable bonds is 0. The van der Waals surface area contributed by atoms with E-state index in [2.05, 4.69) is 11.9 Å². The molecule has 0 saturated carbocycles. The third-order valence-corrected chi connectivity index (χ3v) is 1.07. The van der Waals surface area contributed by atoms with Crippen LogP contribution in [0.5, 0.6) is 0 Å². The molecule has 0 saturated heterocycles. The van der Waals surface area contributed by atoms with Gasteiger partial charge in [0.15, 0.2) is 0 Å². The van der Waals surface area contributed by atoms with Crippen LogP contribution in [0.15, 0.2) is 4.99 Å². The molecule has 34 valence electrons. The molecule has 1 nitrogen and oxygen atoms in total. The fourth-order valence-corrected chi connectivity index (χ4v) is 0.607. The van der Waals surface area contributed by atoms with E-state index in [4.69, 9.17) is 0 Å². The van der Waals surface area contributed by atoms with E-state index in [0.717, 1.165) is 12.5 Å². The molecule has 0 aromatic carbocycles. The summed E-state index contributed by atoms with van der Waals surface area (Å²) in [4.78, 5) is 4.04. The predicted molar refractivity (Wildman–Crippen MR) is 27.1 cm³/mol. The van der Waals surface area contributed by atoms with Crippen LogP contribution in [-0.4, -0.2) is 12.8 Å². The Hall–Kier alpha value is -0.330. The standard InChI is InChI=1S/C5H9N/c1-5-2-3-6-4-5/h4-5H,2-3H2,1H3/t5-/m1/s1. The van der Waals surface area contributed by atoms with Gasteiger partial charge in [0, 0.05) is 12.8 Å². The average molecular weight is 83.1 g/mol. The number of nitrogens with zero attached hydrogens (tertiary/aromatic N) is 1. The van der Waals surface area contributed by atoms with Crippen molar-refractivity contribution in [3.63, 3.8) is 0 Å². The van der Waals surface area contributed by atoms with Crippen LogP contribution in [0, 0.1) is 5.92 Å². The van der Waals surface area contributed by atoms with Crippen molar-refractivity contribution in [2.75, 3.05) is 6.54 Å². The Kier molecular flexibility index (Phi) is 0.906. The summed E-state index contributed by atoms with van der Waals surface area (Å²) in [6, 6.07) is 0. The van der Waals surface area contributed by atoms with Crippen molar-refractivity contribution in [1.82, 2.24) is 0 Å². The highest BCUT2D eigenvalue weighted by Crippen LogP contribution is 2.03. The molecule has 1 aliphatic rings. The maximum absolute atomic E-state index is 4.04. The Morgan fingerprint density at radius 2 is 2.67 bits per heavy atom. The number of aliphatic imine (C=N–C) groups is 1. The van der Waals surface area contributed by atoms with Gasteiger partial charge in [-0.2, -0.15) is 0 Å². The third-order valence-electron chi connectivity index (χ3n) is 1.07. The van der Waals surface area contributed by atoms with Gasteiger partial charge < -0.3 is 0 Å². The molecule has 0 amide bonds. The van der Waals surface area contributed by atoms with Crippen molar-refractivity contribution in [3.05, 3.63) is 0 Å². The SMILES string of the molecule is C[C@H]1C=NCC1. The first-order valence-electron chi connectivity index (χ1n) is 2.39. The summed E-state index contributed by atoms with van der Waals surface area (Å²) in [5, 5.41) is 0. The highest BCUT2D eigenvalue weighted by atomic mass is 14.7. The highest BCUT2D eigenvalue weighted by Gasteiger charge is 2.00. The summed E-state index contributed by atoms with van der Waals surface area (Å²) >= 11 is 0. The quantitative estimate of drug-likeness (QED) is 0.416. The highest BCUT2D eigenvalue weighted by molar-refractivity contribution is 5.61. The van der Waals surface area contributed by atoms with Crippen molar-refractivity contribution in [3.8, 4) is 0 Å². The lowest BCUT2D eigenvalue weighted by atomic mass is 10.2. The van der Waals surface area contributed by atoms with Gasteiger partial charge in [0.2, 0.25) is 0 Å². The molecule has 0 radical (unpaired) electrons. The van der Waals surface area contributed by atoms with Crippen molar-refractivity contribution in [1.29, 1.82) is 0 Å². The van der Waals surface area contributed by atoms with Crippen molar-refractivity contribution in [2.45, 2.75) is 13.3 Å². The molecule has 1 rings (SSSR count). The van der Waals surface area contributed by atoms with E-state index in [9.17, 15) is 0 Å². The van der Waals surface area contributed by atoms with Gasteiger partial charge in [0.05, 0.1) is 0 Å². The van der Waals surface area contributed by atoms with Gasteiger partial charge in [0.1, 0.15) is 0 Å². The zero-order valence-electron chi connectivity index (χ0n) is 4.02. The number of hydrogen-bond donors (Lipinski definition) is 0. The van der Waals surface area contributed by atoms with Gasteiger partial charge in [-0.1, -0.05) is 6.92 Å². The van der Waals surface area contributed by atoms with Crippen LogP contribution in [0.3, 0.4) is 0 Å². The average Bonchev–Trinajstić information content (AvgIpc) is 1.86. The monoisotopic (exact) mass is 83.1 g/mol. The van der Waals surface area contributed by atoms with Crippen LogP contribution >= 0.6 is 0 Å². The molecule has 6 heavy (non-hydrogen) atoms. The second kappa shape index (κ2) is 1.41. The molecule has 0 aliphatic carbocycles. The molecule has 1 atom stereocenters. The minimum Gasteiger partial charge on any atom is -0.297 e. The van der Waals surface area contributed by atoms with Crippen molar-refractivity contribution in [2.24, 2.45) is 10.9 Å². The maximum Gasteiger partial charge on any atom is 0.0391 e. The lowest BCUT2D eigenvalue weighted by Gasteiger charge is -1.86. The third kappa shape index (κ3) is 0.588. The zero-order chi connectivity index (χ0) is 4.41. The second-order valence-corrected chi connectivity index (χ2v) is 1.82. The topological polar surface area (TPSA) is 12.4 Å². The molecule has 1 aliphatic heterocycles. The van der Waals surface area contributed by atoms with Crippen LogP contribution < -0.4 is 0 Å². The van der Waals surface area contributed by atoms with Crippen molar-refractivity contribution >= 4 is 6.21 Å². The van der Waals surface area contributed by atoms with E-state index in [-0.39, 0.29) is 0 Å². The number of hydrogen-bond acceptors (Lipinski definition) is 1. The fourth-order valence-electron chi connectivity index (χ4n) is 0.607. The molecule has 0 unspecified atom stereocenters. The first kappa shape index (κ1) is 3.85. The Bertz CT molecular complexity index is 66.3. The zero-order valence-corrected chi connectivity index (χ0v) is 4.02. The molecule has 0 aromatic rings. The van der Waals surface area contributed by atoms with Gasteiger partial charge in [-0.15, -0.1) is 0 Å². The first-order chi connectivity index (χ1) is 2.89. The molecule has 0 fully saturated rings. The van der Waals surface area contributed by atoms with Crippen LogP contribution in [0.2, 0.25) is 0 Å². The fraction of sp³-hybridized carbons (Fsp3) is 0.800. The van der Waals surface area contributed by atoms with Crippen LogP contribution in [0.25, 0.3) is 0 Å². The lowest BCUT2D eigenvalue weighted by Crippen LogP contribution is -1.85. The van der Waals surface area contributed by atoms with E-state index in [1.807, 2.05) is 6.21 Å². The van der Waals surface area contributed by atoms with Gasteiger partial charge >= 0.3 is 0 Å². The van der Waals surface area contributed by atoms with E-state index in [1.165, 1.54) is 6.42 Å². The summed E-state index contributed by atoms with van der Waals surface area (Å²) in [5.41, 5.74) is 0. The van der Waals surface area contributed by atoms with Gasteiger partial charge in [-0.3, -0.25) is 4.99 Å². The molecule has 0 aromatic heterocycles. The van der Waals surface area contributed by atoms with E-state index >= 15 is 0 Å². The van der Waals surface area contributed by atoms with Crippen LogP contribution in [0.4, 0.5) is 0 Å². The van der Waals surface area contributed by atoms with Crippen LogP contribution in [-0.2, 0) is 0 Å². The molecule has 1 heterocycles. The molecule has 1 heteroatoms. The minimum absolute atomic E-state index is 0.755. The largest absolute Gasteiger partial charge is 0.297 e. The predicted octanol–water partition coefficient (Wildman–Crippen LogP) is 1.10. The van der Waals surface area contributed by atoms with Crippen molar-refractivity contribution < 1.29 is 0 Å². The summed E-state index contributed by atoms with van der Waals surface area (Å²) < 4.78 is 0. The molecule has 0 bridgehead atoms. The summed E-state index contributed by atoms with van der Waals surface area (Å²) in [6.07, 6.45) is 3.29. The summed E-state index contributed by atoms with van der Waals surface area (Å²) in [6.45, 7) is 3.25. The molecular weight excluding hydrogens is 74.1 g/mol. The lowest BCUT2D eigenvalue weighted by molar-refractivity contribution is 0.758. The Labute approximate surface area is 38.1 Å². The van der Waals surface area contributed by atoms with Gasteiger partial charge in [0.25, 0.3) is 0 Å². The van der Waals surface area contributed by atoms with E-state index < -0.39 is 0 Å². The van der Waals surface area contributed by atoms with Gasteiger partial charge in [-0.25, -0.2) is 0 Å². The second-order valence-electron chi connectivity index (χ2n) is 1.82. The van der Waals surface area contributed by atoms with E-state index in [1.54, 1.807) is 0 Å². The minimum atomic E-state index is 0.755. The Morgan fingerprint density at radius 3 is 2.83 bits per heavy atom. The van der Waals surface area contributed by atoms with E-state index in [0.29, 0.717) is 0 Å². The first-order valence-corrected chi connectivity index (χ1v) is 2.39. The van der Waals surface area contributed by atoms with Crippen LogP contribution in [0.1, 0.15) is 13.3 Å². The molecule has 0 spiro atoms. The smallest absolute Gasteiger partial charge is 0.0391 e. The Balaban J connectivity index is 2.38. The maximum atomic E-state index is 4.04. The summed E-state index contributed by atoms with van der Waals surface area (Å²) in [5.74, 6) is 0.755. The van der Waals surface area contributed by atoms with Gasteiger partial charge in [-0.05, 0) is 12.3 Å². The molecular formula is C5H9N. The molecule has 0 N–H and O–H groups in total. The Morgan fingerprint density at radius 1 is 1.83 bits per heavy atom.